The fourth-order valence-corrected chi connectivity index (χ4v) is 3.87. The van der Waals surface area contributed by atoms with E-state index in [2.05, 4.69) is 12.1 Å². The van der Waals surface area contributed by atoms with Gasteiger partial charge >= 0.3 is 5.97 Å². The molecule has 1 heterocycles. The average molecular weight is 395 g/mol. The van der Waals surface area contributed by atoms with Crippen LogP contribution in [0.1, 0.15) is 56.2 Å². The van der Waals surface area contributed by atoms with Crippen LogP contribution < -0.4 is 9.64 Å². The van der Waals surface area contributed by atoms with Crippen molar-refractivity contribution in [1.29, 1.82) is 0 Å². The number of hydrogen-bond donors (Lipinski definition) is 1. The molecule has 0 fully saturated rings. The van der Waals surface area contributed by atoms with Crippen LogP contribution in [0.3, 0.4) is 0 Å². The Kier molecular flexibility index (Phi) is 6.26. The van der Waals surface area contributed by atoms with Crippen molar-refractivity contribution in [3.8, 4) is 5.75 Å². The molecule has 0 aromatic heterocycles. The summed E-state index contributed by atoms with van der Waals surface area (Å²) in [5, 5.41) is 8.69. The number of aryl methyl sites for hydroxylation is 1. The predicted molar refractivity (Wildman–Crippen MR) is 113 cm³/mol. The van der Waals surface area contributed by atoms with Gasteiger partial charge in [-0.2, -0.15) is 0 Å². The zero-order valence-corrected chi connectivity index (χ0v) is 17.4. The number of carbonyl (C=O) groups excluding carboxylic acids is 1. The van der Waals surface area contributed by atoms with Gasteiger partial charge in [-0.3, -0.25) is 9.59 Å². The molecule has 0 spiro atoms. The van der Waals surface area contributed by atoms with E-state index in [-0.39, 0.29) is 12.3 Å². The molecule has 154 valence electrons. The third-order valence-corrected chi connectivity index (χ3v) is 5.60. The molecule has 0 radical (unpaired) electrons. The first-order valence-corrected chi connectivity index (χ1v) is 10.1. The van der Waals surface area contributed by atoms with E-state index in [1.165, 1.54) is 5.56 Å². The summed E-state index contributed by atoms with van der Waals surface area (Å²) in [5.74, 6) is 0.121. The van der Waals surface area contributed by atoms with Crippen LogP contribution in [0.5, 0.6) is 5.75 Å². The number of nitrogens with zero attached hydrogens (tertiary/aromatic N) is 1. The Hall–Kier alpha value is -2.82. The van der Waals surface area contributed by atoms with Gasteiger partial charge in [0, 0.05) is 19.5 Å². The summed E-state index contributed by atoms with van der Waals surface area (Å²) in [6.45, 7) is 4.36. The first kappa shape index (κ1) is 20.9. The van der Waals surface area contributed by atoms with Crippen molar-refractivity contribution < 1.29 is 19.4 Å². The minimum atomic E-state index is -0.727. The summed E-state index contributed by atoms with van der Waals surface area (Å²) in [4.78, 5) is 24.7. The summed E-state index contributed by atoms with van der Waals surface area (Å²) >= 11 is 0. The van der Waals surface area contributed by atoms with E-state index in [4.69, 9.17) is 9.84 Å². The fraction of sp³-hybridized carbons (Fsp3) is 0.417. The molecule has 0 bridgehead atoms. The number of carbonyl (C=O) groups is 2. The van der Waals surface area contributed by atoms with Crippen LogP contribution in [0.4, 0.5) is 5.69 Å². The second-order valence-corrected chi connectivity index (χ2v) is 8.23. The number of hydrogen-bond acceptors (Lipinski definition) is 3. The molecule has 5 nitrogen and oxygen atoms in total. The SMILES string of the molecule is CN1C(=O)C(C)(C)c2ccc(OCc3cccc(CCCCCC(=O)O)c3)cc21. The van der Waals surface area contributed by atoms with Crippen molar-refractivity contribution in [3.05, 3.63) is 59.2 Å². The van der Waals surface area contributed by atoms with Gasteiger partial charge in [-0.15, -0.1) is 0 Å². The molecule has 5 heteroatoms. The van der Waals surface area contributed by atoms with E-state index in [1.807, 2.05) is 44.2 Å². The third-order valence-electron chi connectivity index (χ3n) is 5.60. The molecule has 1 aliphatic rings. The van der Waals surface area contributed by atoms with Gasteiger partial charge in [0.25, 0.3) is 0 Å². The topological polar surface area (TPSA) is 66.8 Å². The van der Waals surface area contributed by atoms with Crippen LogP contribution in [-0.4, -0.2) is 24.0 Å². The second kappa shape index (κ2) is 8.68. The van der Waals surface area contributed by atoms with Gasteiger partial charge in [0.1, 0.15) is 12.4 Å². The van der Waals surface area contributed by atoms with Gasteiger partial charge < -0.3 is 14.7 Å². The van der Waals surface area contributed by atoms with Gasteiger partial charge in [-0.1, -0.05) is 36.8 Å². The molecule has 1 N–H and O–H groups in total. The Morgan fingerprint density at radius 3 is 2.59 bits per heavy atom. The molecule has 3 rings (SSSR count). The minimum absolute atomic E-state index is 0.0979. The number of rotatable bonds is 9. The van der Waals surface area contributed by atoms with E-state index >= 15 is 0 Å². The Labute approximate surface area is 172 Å². The second-order valence-electron chi connectivity index (χ2n) is 8.23. The van der Waals surface area contributed by atoms with Crippen molar-refractivity contribution in [2.45, 2.75) is 58.0 Å². The first-order valence-electron chi connectivity index (χ1n) is 10.1. The molecule has 0 atom stereocenters. The van der Waals surface area contributed by atoms with E-state index in [0.29, 0.717) is 6.61 Å². The monoisotopic (exact) mass is 395 g/mol. The molecular formula is C24H29NO4. The van der Waals surface area contributed by atoms with Crippen molar-refractivity contribution >= 4 is 17.6 Å². The van der Waals surface area contributed by atoms with Crippen LogP contribution in [0.25, 0.3) is 0 Å². The lowest BCUT2D eigenvalue weighted by molar-refractivity contribution is -0.137. The normalized spacial score (nSPS) is 14.7. The minimum Gasteiger partial charge on any atom is -0.489 e. The van der Waals surface area contributed by atoms with Crippen LogP contribution >= 0.6 is 0 Å². The zero-order chi connectivity index (χ0) is 21.0. The highest BCUT2D eigenvalue weighted by atomic mass is 16.5. The van der Waals surface area contributed by atoms with E-state index in [1.54, 1.807) is 11.9 Å². The van der Waals surface area contributed by atoms with E-state index in [0.717, 1.165) is 48.2 Å². The number of carboxylic acid groups (broad SMARTS) is 1. The summed E-state index contributed by atoms with van der Waals surface area (Å²) in [5.41, 5.74) is 3.78. The standard InChI is InChI=1S/C24H29NO4/c1-24(2)20-13-12-19(15-21(20)25(3)23(24)28)29-16-18-10-7-9-17(14-18)8-5-4-6-11-22(26)27/h7,9-10,12-15H,4-6,8,11,16H2,1-3H3,(H,26,27). The molecule has 2 aromatic carbocycles. The van der Waals surface area contributed by atoms with Crippen molar-refractivity contribution in [3.63, 3.8) is 0 Å². The highest BCUT2D eigenvalue weighted by Crippen LogP contribution is 2.42. The maximum atomic E-state index is 12.4. The van der Waals surface area contributed by atoms with Gasteiger partial charge in [0.05, 0.1) is 11.1 Å². The molecular weight excluding hydrogens is 366 g/mol. The maximum Gasteiger partial charge on any atom is 0.303 e. The molecule has 1 amide bonds. The number of fused-ring (bicyclic) bond motifs is 1. The number of anilines is 1. The fourth-order valence-electron chi connectivity index (χ4n) is 3.87. The average Bonchev–Trinajstić information content (AvgIpc) is 2.86. The molecule has 0 aliphatic carbocycles. The first-order chi connectivity index (χ1) is 13.8. The molecule has 29 heavy (non-hydrogen) atoms. The Balaban J connectivity index is 1.57. The summed E-state index contributed by atoms with van der Waals surface area (Å²) < 4.78 is 5.99. The summed E-state index contributed by atoms with van der Waals surface area (Å²) in [7, 11) is 1.81. The smallest absolute Gasteiger partial charge is 0.303 e. The summed E-state index contributed by atoms with van der Waals surface area (Å²) in [6, 6.07) is 14.2. The van der Waals surface area contributed by atoms with Crippen LogP contribution in [0.15, 0.2) is 42.5 Å². The number of benzene rings is 2. The number of aliphatic carboxylic acids is 1. The summed E-state index contributed by atoms with van der Waals surface area (Å²) in [6.07, 6.45) is 3.81. The van der Waals surface area contributed by atoms with Gasteiger partial charge in [0.15, 0.2) is 0 Å². The van der Waals surface area contributed by atoms with E-state index in [9.17, 15) is 9.59 Å². The molecule has 1 aliphatic heterocycles. The number of unbranched alkanes of at least 4 members (excludes halogenated alkanes) is 2. The highest BCUT2D eigenvalue weighted by molar-refractivity contribution is 6.07. The molecule has 2 aromatic rings. The molecule has 0 saturated carbocycles. The lowest BCUT2D eigenvalue weighted by Crippen LogP contribution is -2.33. The lowest BCUT2D eigenvalue weighted by atomic mass is 9.86. The van der Waals surface area contributed by atoms with Crippen molar-refractivity contribution in [2.75, 3.05) is 11.9 Å². The van der Waals surface area contributed by atoms with Crippen LogP contribution in [0.2, 0.25) is 0 Å². The number of ether oxygens (including phenoxy) is 1. The van der Waals surface area contributed by atoms with E-state index < -0.39 is 11.4 Å². The van der Waals surface area contributed by atoms with Crippen molar-refractivity contribution in [1.82, 2.24) is 0 Å². The lowest BCUT2D eigenvalue weighted by Gasteiger charge is -2.16. The quantitative estimate of drug-likeness (QED) is 0.625. The van der Waals surface area contributed by atoms with Crippen molar-refractivity contribution in [2.24, 2.45) is 0 Å². The van der Waals surface area contributed by atoms with Gasteiger partial charge in [0.2, 0.25) is 5.91 Å². The maximum absolute atomic E-state index is 12.4. The van der Waals surface area contributed by atoms with Gasteiger partial charge in [-0.25, -0.2) is 0 Å². The highest BCUT2D eigenvalue weighted by Gasteiger charge is 2.42. The predicted octanol–water partition coefficient (Wildman–Crippen LogP) is 4.71. The van der Waals surface area contributed by atoms with Crippen LogP contribution in [0, 0.1) is 0 Å². The molecule has 0 saturated heterocycles. The number of likely N-dealkylation sites (N-methyl/N-ethyl adjacent to an activating group) is 1. The largest absolute Gasteiger partial charge is 0.489 e. The van der Waals surface area contributed by atoms with Gasteiger partial charge in [-0.05, 0) is 55.9 Å². The Morgan fingerprint density at radius 2 is 1.83 bits per heavy atom. The number of amides is 1. The Bertz CT molecular complexity index is 904. The number of carboxylic acids is 1. The Morgan fingerprint density at radius 1 is 1.07 bits per heavy atom. The zero-order valence-electron chi connectivity index (χ0n) is 17.4. The third kappa shape index (κ3) is 4.78. The molecule has 0 unspecified atom stereocenters. The van der Waals surface area contributed by atoms with Crippen LogP contribution in [-0.2, 0) is 28.0 Å².